The van der Waals surface area contributed by atoms with E-state index in [1.807, 2.05) is 0 Å². The first-order chi connectivity index (χ1) is 7.75. The van der Waals surface area contributed by atoms with Gasteiger partial charge in [-0.3, -0.25) is 0 Å². The fraction of sp³-hybridized carbons (Fsp3) is 1.00. The van der Waals surface area contributed by atoms with Gasteiger partial charge in [-0.25, -0.2) is 0 Å². The average Bonchev–Trinajstić information content (AvgIpc) is 2.21. The molecule has 0 aliphatic heterocycles. The zero-order chi connectivity index (χ0) is 13.6. The van der Waals surface area contributed by atoms with Crippen LogP contribution in [0.25, 0.3) is 0 Å². The predicted molar refractivity (Wildman–Crippen MR) is 79.3 cm³/mol. The van der Waals surface area contributed by atoms with Crippen LogP contribution in [-0.4, -0.2) is 25.5 Å². The first-order valence-electron chi connectivity index (χ1n) is 7.40. The first-order valence-corrected chi connectivity index (χ1v) is 7.40. The molecule has 0 aliphatic carbocycles. The molecule has 0 heterocycles. The summed E-state index contributed by atoms with van der Waals surface area (Å²) in [6.45, 7) is 15.5. The summed E-state index contributed by atoms with van der Waals surface area (Å²) >= 11 is 0. The molecule has 1 heteroatoms. The summed E-state index contributed by atoms with van der Waals surface area (Å²) in [5.41, 5.74) is 0. The Morgan fingerprint density at radius 1 is 0.765 bits per heavy atom. The van der Waals surface area contributed by atoms with Gasteiger partial charge in [-0.15, -0.1) is 0 Å². The molecule has 0 aromatic rings. The lowest BCUT2D eigenvalue weighted by atomic mass is 9.79. The van der Waals surface area contributed by atoms with Gasteiger partial charge in [-0.2, -0.15) is 0 Å². The molecule has 0 rings (SSSR count). The SMILES string of the molecule is CC(C)C(C)CCC(CN(C)C)C(C)C(C)C. The summed E-state index contributed by atoms with van der Waals surface area (Å²) in [6, 6.07) is 0. The van der Waals surface area contributed by atoms with Crippen LogP contribution in [0.5, 0.6) is 0 Å². The van der Waals surface area contributed by atoms with Gasteiger partial charge in [-0.05, 0) is 50.1 Å². The molecule has 17 heavy (non-hydrogen) atoms. The fourth-order valence-corrected chi connectivity index (χ4v) is 2.34. The van der Waals surface area contributed by atoms with Crippen LogP contribution in [0.1, 0.15) is 54.4 Å². The lowest BCUT2D eigenvalue weighted by Crippen LogP contribution is -2.29. The molecule has 0 fully saturated rings. The standard InChI is InChI=1S/C16H35N/c1-12(2)14(5)9-10-16(11-17(7)8)15(6)13(3)4/h12-16H,9-11H2,1-8H3. The molecule has 0 bridgehead atoms. The number of hydrogen-bond donors (Lipinski definition) is 0. The number of rotatable bonds is 8. The van der Waals surface area contributed by atoms with E-state index in [4.69, 9.17) is 0 Å². The topological polar surface area (TPSA) is 3.24 Å². The molecular weight excluding hydrogens is 206 g/mol. The van der Waals surface area contributed by atoms with Gasteiger partial charge < -0.3 is 4.90 Å². The number of hydrogen-bond acceptors (Lipinski definition) is 1. The molecule has 0 aromatic heterocycles. The Balaban J connectivity index is 4.29. The molecule has 0 aliphatic rings. The maximum atomic E-state index is 2.43. The van der Waals surface area contributed by atoms with E-state index < -0.39 is 0 Å². The molecule has 3 atom stereocenters. The van der Waals surface area contributed by atoms with E-state index in [-0.39, 0.29) is 0 Å². The molecule has 0 saturated carbocycles. The van der Waals surface area contributed by atoms with Crippen LogP contribution in [0.15, 0.2) is 0 Å². The lowest BCUT2D eigenvalue weighted by molar-refractivity contribution is 0.188. The Morgan fingerprint density at radius 2 is 1.29 bits per heavy atom. The lowest BCUT2D eigenvalue weighted by Gasteiger charge is -2.31. The van der Waals surface area contributed by atoms with Gasteiger partial charge in [0, 0.05) is 6.54 Å². The average molecular weight is 241 g/mol. The smallest absolute Gasteiger partial charge is 0.000621 e. The van der Waals surface area contributed by atoms with E-state index in [2.05, 4.69) is 60.5 Å². The Bertz CT molecular complexity index is 184. The van der Waals surface area contributed by atoms with Crippen molar-refractivity contribution in [1.82, 2.24) is 4.90 Å². The second-order valence-electron chi connectivity index (χ2n) is 6.92. The molecule has 0 N–H and O–H groups in total. The third-order valence-corrected chi connectivity index (χ3v) is 4.53. The van der Waals surface area contributed by atoms with Crippen molar-refractivity contribution in [2.75, 3.05) is 20.6 Å². The minimum Gasteiger partial charge on any atom is -0.309 e. The third kappa shape index (κ3) is 7.08. The maximum Gasteiger partial charge on any atom is 0.000621 e. The minimum absolute atomic E-state index is 0.800. The Morgan fingerprint density at radius 3 is 1.65 bits per heavy atom. The Labute approximate surface area is 110 Å². The normalized spacial score (nSPS) is 17.8. The van der Waals surface area contributed by atoms with E-state index >= 15 is 0 Å². The van der Waals surface area contributed by atoms with Crippen molar-refractivity contribution in [2.45, 2.75) is 54.4 Å². The molecule has 1 nitrogen and oxygen atoms in total. The summed E-state index contributed by atoms with van der Waals surface area (Å²) in [4.78, 5) is 2.35. The van der Waals surface area contributed by atoms with Crippen molar-refractivity contribution in [1.29, 1.82) is 0 Å². The van der Waals surface area contributed by atoms with E-state index in [0.29, 0.717) is 0 Å². The van der Waals surface area contributed by atoms with E-state index in [0.717, 1.165) is 29.6 Å². The predicted octanol–water partition coefficient (Wildman–Crippen LogP) is 4.53. The van der Waals surface area contributed by atoms with Crippen molar-refractivity contribution in [3.63, 3.8) is 0 Å². The van der Waals surface area contributed by atoms with E-state index in [9.17, 15) is 0 Å². The van der Waals surface area contributed by atoms with Gasteiger partial charge in [0.25, 0.3) is 0 Å². The second kappa shape index (κ2) is 8.13. The molecule has 0 amide bonds. The van der Waals surface area contributed by atoms with Crippen molar-refractivity contribution < 1.29 is 0 Å². The monoisotopic (exact) mass is 241 g/mol. The van der Waals surface area contributed by atoms with Crippen LogP contribution in [0, 0.1) is 29.6 Å². The molecule has 0 saturated heterocycles. The third-order valence-electron chi connectivity index (χ3n) is 4.53. The van der Waals surface area contributed by atoms with Crippen LogP contribution in [-0.2, 0) is 0 Å². The first kappa shape index (κ1) is 17.0. The summed E-state index contributed by atoms with van der Waals surface area (Å²) in [7, 11) is 4.40. The zero-order valence-corrected chi connectivity index (χ0v) is 13.5. The van der Waals surface area contributed by atoms with Crippen molar-refractivity contribution >= 4 is 0 Å². The summed E-state index contributed by atoms with van der Waals surface area (Å²) in [6.07, 6.45) is 2.77. The van der Waals surface area contributed by atoms with Gasteiger partial charge in [0.2, 0.25) is 0 Å². The molecule has 104 valence electrons. The van der Waals surface area contributed by atoms with Gasteiger partial charge in [-0.1, -0.05) is 48.0 Å². The second-order valence-corrected chi connectivity index (χ2v) is 6.92. The highest BCUT2D eigenvalue weighted by atomic mass is 15.1. The van der Waals surface area contributed by atoms with Crippen LogP contribution >= 0.6 is 0 Å². The van der Waals surface area contributed by atoms with E-state index in [1.165, 1.54) is 19.4 Å². The maximum absolute atomic E-state index is 2.43. The van der Waals surface area contributed by atoms with Gasteiger partial charge in [0.1, 0.15) is 0 Å². The molecule has 3 unspecified atom stereocenters. The summed E-state index contributed by atoms with van der Waals surface area (Å²) in [5.74, 6) is 4.17. The summed E-state index contributed by atoms with van der Waals surface area (Å²) in [5, 5.41) is 0. The van der Waals surface area contributed by atoms with Crippen molar-refractivity contribution in [3.8, 4) is 0 Å². The zero-order valence-electron chi connectivity index (χ0n) is 13.5. The summed E-state index contributed by atoms with van der Waals surface area (Å²) < 4.78 is 0. The minimum atomic E-state index is 0.800. The van der Waals surface area contributed by atoms with Crippen molar-refractivity contribution in [2.24, 2.45) is 29.6 Å². The van der Waals surface area contributed by atoms with Crippen molar-refractivity contribution in [3.05, 3.63) is 0 Å². The highest BCUT2D eigenvalue weighted by Crippen LogP contribution is 2.28. The fourth-order valence-electron chi connectivity index (χ4n) is 2.34. The van der Waals surface area contributed by atoms with Gasteiger partial charge in [0.05, 0.1) is 0 Å². The van der Waals surface area contributed by atoms with E-state index in [1.54, 1.807) is 0 Å². The van der Waals surface area contributed by atoms with Gasteiger partial charge in [0.15, 0.2) is 0 Å². The number of nitrogens with zero attached hydrogens (tertiary/aromatic N) is 1. The molecule has 0 aromatic carbocycles. The van der Waals surface area contributed by atoms with Gasteiger partial charge >= 0.3 is 0 Å². The van der Waals surface area contributed by atoms with Crippen LogP contribution < -0.4 is 0 Å². The van der Waals surface area contributed by atoms with Crippen LogP contribution in [0.2, 0.25) is 0 Å². The molecule has 0 radical (unpaired) electrons. The largest absolute Gasteiger partial charge is 0.309 e. The molecular formula is C16H35N. The highest BCUT2D eigenvalue weighted by molar-refractivity contribution is 4.73. The Hall–Kier alpha value is -0.0400. The Kier molecular flexibility index (Phi) is 8.11. The quantitative estimate of drug-likeness (QED) is 0.603. The molecule has 0 spiro atoms. The van der Waals surface area contributed by atoms with Crippen LogP contribution in [0.4, 0.5) is 0 Å². The highest BCUT2D eigenvalue weighted by Gasteiger charge is 2.21. The van der Waals surface area contributed by atoms with Crippen LogP contribution in [0.3, 0.4) is 0 Å².